The summed E-state index contributed by atoms with van der Waals surface area (Å²) >= 11 is 0. The third kappa shape index (κ3) is 15.7. The molecule has 0 fully saturated rings. The van der Waals surface area contributed by atoms with Crippen LogP contribution < -0.4 is 0 Å². The molecule has 0 bridgehead atoms. The minimum atomic E-state index is -4.41. The van der Waals surface area contributed by atoms with Gasteiger partial charge in [0, 0.05) is 6.42 Å². The summed E-state index contributed by atoms with van der Waals surface area (Å²) in [5.41, 5.74) is 0. The first-order valence-electron chi connectivity index (χ1n) is 8.01. The van der Waals surface area contributed by atoms with Gasteiger partial charge in [0.1, 0.15) is 5.78 Å². The van der Waals surface area contributed by atoms with Crippen molar-refractivity contribution in [1.29, 1.82) is 0 Å². The molecular weight excluding hydrogens is 304 g/mol. The smallest absolute Gasteiger partial charge is 0.300 e. The monoisotopic (exact) mass is 334 g/mol. The molecule has 0 aromatic heterocycles. The maximum Gasteiger partial charge on any atom is 0.397 e. The highest BCUT2D eigenvalue weighted by atomic mass is 32.3. The van der Waals surface area contributed by atoms with Crippen LogP contribution in [0.25, 0.3) is 0 Å². The van der Waals surface area contributed by atoms with E-state index in [1.807, 2.05) is 12.2 Å². The number of hydrogen-bond acceptors (Lipinski definition) is 4. The van der Waals surface area contributed by atoms with Gasteiger partial charge in [0.2, 0.25) is 0 Å². The lowest BCUT2D eigenvalue weighted by Crippen LogP contribution is -2.17. The first-order valence-corrected chi connectivity index (χ1v) is 9.37. The lowest BCUT2D eigenvalue weighted by atomic mass is 10.0. The van der Waals surface area contributed by atoms with Crippen molar-refractivity contribution in [3.8, 4) is 0 Å². The van der Waals surface area contributed by atoms with E-state index in [4.69, 9.17) is 8.74 Å². The van der Waals surface area contributed by atoms with Crippen LogP contribution in [-0.2, 0) is 19.4 Å². The summed E-state index contributed by atoms with van der Waals surface area (Å²) in [6, 6.07) is 0. The predicted octanol–water partition coefficient (Wildman–Crippen LogP) is 4.10. The fourth-order valence-electron chi connectivity index (χ4n) is 2.13. The molecule has 0 aromatic rings. The van der Waals surface area contributed by atoms with Crippen LogP contribution in [0.4, 0.5) is 0 Å². The van der Waals surface area contributed by atoms with Crippen molar-refractivity contribution in [3.63, 3.8) is 0 Å². The van der Waals surface area contributed by atoms with Crippen LogP contribution in [0, 0.1) is 5.92 Å². The topological polar surface area (TPSA) is 80.7 Å². The number of ketones is 1. The van der Waals surface area contributed by atoms with Gasteiger partial charge in [-0.15, -0.1) is 0 Å². The largest absolute Gasteiger partial charge is 0.397 e. The van der Waals surface area contributed by atoms with Gasteiger partial charge in [0.15, 0.2) is 0 Å². The van der Waals surface area contributed by atoms with Gasteiger partial charge in [-0.1, -0.05) is 38.8 Å². The van der Waals surface area contributed by atoms with Gasteiger partial charge in [-0.2, -0.15) is 8.42 Å². The van der Waals surface area contributed by atoms with Gasteiger partial charge in [-0.25, -0.2) is 4.18 Å². The maximum atomic E-state index is 10.9. The zero-order valence-corrected chi connectivity index (χ0v) is 14.8. The highest BCUT2D eigenvalue weighted by Gasteiger charge is 2.15. The molecule has 1 atom stereocenters. The van der Waals surface area contributed by atoms with Gasteiger partial charge in [0.05, 0.1) is 6.10 Å². The number of Topliss-reactive ketones (excluding diaryl/α,β-unsaturated/α-hetero) is 1. The normalized spacial score (nSPS) is 13.9. The Morgan fingerprint density at radius 2 is 1.82 bits per heavy atom. The maximum absolute atomic E-state index is 10.9. The zero-order valence-electron chi connectivity index (χ0n) is 14.0. The summed E-state index contributed by atoms with van der Waals surface area (Å²) in [4.78, 5) is 10.8. The molecule has 0 aliphatic rings. The minimum absolute atomic E-state index is 0.204. The molecule has 22 heavy (non-hydrogen) atoms. The molecule has 0 aromatic carbocycles. The number of carbonyl (C=O) groups is 1. The van der Waals surface area contributed by atoms with Crippen molar-refractivity contribution in [1.82, 2.24) is 0 Å². The molecule has 0 heterocycles. The number of rotatable bonds is 13. The highest BCUT2D eigenvalue weighted by Crippen LogP contribution is 2.15. The Morgan fingerprint density at radius 3 is 2.36 bits per heavy atom. The van der Waals surface area contributed by atoms with Crippen LogP contribution in [-0.4, -0.2) is 24.9 Å². The summed E-state index contributed by atoms with van der Waals surface area (Å²) in [5.74, 6) is 0.763. The number of hydrogen-bond donors (Lipinski definition) is 1. The van der Waals surface area contributed by atoms with Crippen LogP contribution >= 0.6 is 0 Å². The van der Waals surface area contributed by atoms with Crippen molar-refractivity contribution in [3.05, 3.63) is 12.2 Å². The van der Waals surface area contributed by atoms with E-state index in [9.17, 15) is 13.2 Å². The van der Waals surface area contributed by atoms with E-state index >= 15 is 0 Å². The first-order chi connectivity index (χ1) is 10.2. The van der Waals surface area contributed by atoms with Gasteiger partial charge in [0.25, 0.3) is 0 Å². The fourth-order valence-corrected chi connectivity index (χ4v) is 2.65. The molecule has 0 saturated carbocycles. The number of carbonyl (C=O) groups excluding carboxylic acids is 1. The molecule has 130 valence electrons. The predicted molar refractivity (Wildman–Crippen MR) is 88.0 cm³/mol. The van der Waals surface area contributed by atoms with Crippen LogP contribution in [0.1, 0.15) is 72.1 Å². The van der Waals surface area contributed by atoms with Crippen LogP contribution in [0.5, 0.6) is 0 Å². The van der Waals surface area contributed by atoms with Crippen molar-refractivity contribution in [2.75, 3.05) is 0 Å². The van der Waals surface area contributed by atoms with Gasteiger partial charge in [-0.3, -0.25) is 4.55 Å². The standard InChI is InChI=1S/C16H30O5S/c1-14(2)10-9-13-16(21-22(18,19)20)12-8-6-4-5-7-11-15(3)17/h6,8,14,16H,4-5,7,9-13H2,1-3H3,(H,18,19,20)/b8-6+. The van der Waals surface area contributed by atoms with Crippen LogP contribution in [0.3, 0.4) is 0 Å². The molecule has 0 amide bonds. The molecule has 0 saturated heterocycles. The van der Waals surface area contributed by atoms with Crippen LogP contribution in [0.15, 0.2) is 12.2 Å². The third-order valence-corrected chi connectivity index (χ3v) is 3.80. The molecule has 1 unspecified atom stereocenters. The first kappa shape index (κ1) is 21.3. The second-order valence-corrected chi connectivity index (χ2v) is 7.17. The van der Waals surface area contributed by atoms with Gasteiger partial charge in [-0.05, 0) is 44.9 Å². The molecular formula is C16H30O5S. The Balaban J connectivity index is 4.08. The summed E-state index contributed by atoms with van der Waals surface area (Å²) in [6.45, 7) is 5.81. The Labute approximate surface area is 135 Å². The van der Waals surface area contributed by atoms with Crippen molar-refractivity contribution in [2.24, 2.45) is 5.92 Å². The zero-order chi connectivity index (χ0) is 17.0. The summed E-state index contributed by atoms with van der Waals surface area (Å²) < 4.78 is 35.2. The second kappa shape index (κ2) is 11.8. The van der Waals surface area contributed by atoms with Crippen molar-refractivity contribution in [2.45, 2.75) is 78.2 Å². The average molecular weight is 334 g/mol. The molecule has 0 rings (SSSR count). The minimum Gasteiger partial charge on any atom is -0.300 e. The quantitative estimate of drug-likeness (QED) is 0.311. The Bertz CT molecular complexity index is 426. The van der Waals surface area contributed by atoms with E-state index in [0.29, 0.717) is 25.2 Å². The Morgan fingerprint density at radius 1 is 1.14 bits per heavy atom. The summed E-state index contributed by atoms with van der Waals surface area (Å²) in [5, 5.41) is 0. The molecule has 5 nitrogen and oxygen atoms in total. The van der Waals surface area contributed by atoms with Gasteiger partial charge >= 0.3 is 10.4 Å². The number of unbranched alkanes of at least 4 members (excludes halogenated alkanes) is 2. The summed E-state index contributed by atoms with van der Waals surface area (Å²) in [6.07, 6.45) is 9.56. The molecule has 6 heteroatoms. The van der Waals surface area contributed by atoms with E-state index < -0.39 is 16.5 Å². The number of allylic oxidation sites excluding steroid dienone is 1. The summed E-state index contributed by atoms with van der Waals surface area (Å²) in [7, 11) is -4.41. The average Bonchev–Trinajstić information content (AvgIpc) is 2.34. The van der Waals surface area contributed by atoms with E-state index in [1.54, 1.807) is 6.92 Å². The van der Waals surface area contributed by atoms with Crippen molar-refractivity contribution < 1.29 is 21.9 Å². The Kier molecular flexibility index (Phi) is 11.4. The fraction of sp³-hybridized carbons (Fsp3) is 0.812. The molecule has 0 radical (unpaired) electrons. The van der Waals surface area contributed by atoms with Gasteiger partial charge < -0.3 is 4.79 Å². The highest BCUT2D eigenvalue weighted by molar-refractivity contribution is 7.80. The van der Waals surface area contributed by atoms with E-state index in [0.717, 1.165) is 32.1 Å². The lowest BCUT2D eigenvalue weighted by Gasteiger charge is -2.14. The molecule has 0 aliphatic heterocycles. The molecule has 1 N–H and O–H groups in total. The molecule has 0 spiro atoms. The van der Waals surface area contributed by atoms with Crippen LogP contribution in [0.2, 0.25) is 0 Å². The van der Waals surface area contributed by atoms with E-state index in [1.165, 1.54) is 0 Å². The van der Waals surface area contributed by atoms with Crippen molar-refractivity contribution >= 4 is 16.2 Å². The second-order valence-electron chi connectivity index (χ2n) is 6.13. The molecule has 0 aliphatic carbocycles. The van der Waals surface area contributed by atoms with E-state index in [-0.39, 0.29) is 5.78 Å². The SMILES string of the molecule is CC(=O)CCCC/C=C/CC(CCCC(C)C)OS(=O)(=O)O. The Hall–Kier alpha value is -0.720. The van der Waals surface area contributed by atoms with E-state index in [2.05, 4.69) is 13.8 Å². The third-order valence-electron chi connectivity index (χ3n) is 3.28. The lowest BCUT2D eigenvalue weighted by molar-refractivity contribution is -0.117.